The second-order valence-electron chi connectivity index (χ2n) is 7.02. The van der Waals surface area contributed by atoms with E-state index >= 15 is 0 Å². The predicted octanol–water partition coefficient (Wildman–Crippen LogP) is 2.11. The molecule has 0 radical (unpaired) electrons. The van der Waals surface area contributed by atoms with Crippen molar-refractivity contribution in [3.63, 3.8) is 0 Å². The van der Waals surface area contributed by atoms with Crippen LogP contribution >= 0.6 is 0 Å². The number of likely N-dealkylation sites (tertiary alicyclic amines) is 1. The Morgan fingerprint density at radius 2 is 1.88 bits per heavy atom. The molecule has 136 valence electrons. The fourth-order valence-corrected chi connectivity index (χ4v) is 3.43. The number of hydrogen-bond donors (Lipinski definition) is 2. The van der Waals surface area contributed by atoms with Crippen LogP contribution in [-0.2, 0) is 4.74 Å². The highest BCUT2D eigenvalue weighted by Gasteiger charge is 2.43. The molecule has 1 aromatic carbocycles. The maximum atomic E-state index is 12.4. The van der Waals surface area contributed by atoms with Crippen molar-refractivity contribution in [3.8, 4) is 0 Å². The molecule has 0 saturated carbocycles. The van der Waals surface area contributed by atoms with E-state index in [0.29, 0.717) is 19.7 Å². The number of carbonyl (C=O) groups is 2. The number of rotatable bonds is 2. The Balaban J connectivity index is 1.48. The fourth-order valence-electron chi connectivity index (χ4n) is 3.43. The number of nitrogens with zero attached hydrogens (tertiary/aromatic N) is 2. The SMILES string of the molecule is CN(C)C(=O)N[C@@H]1COC2(CCN(C(=O)Nc3ccccc3)CC2)C1. The molecular formula is C18H26N4O3. The molecule has 2 N–H and O–H groups in total. The smallest absolute Gasteiger partial charge is 0.321 e. The van der Waals surface area contributed by atoms with E-state index in [2.05, 4.69) is 10.6 Å². The number of urea groups is 2. The number of carbonyl (C=O) groups excluding carboxylic acids is 2. The van der Waals surface area contributed by atoms with Gasteiger partial charge in [-0.1, -0.05) is 18.2 Å². The minimum atomic E-state index is -0.214. The zero-order valence-corrected chi connectivity index (χ0v) is 14.8. The summed E-state index contributed by atoms with van der Waals surface area (Å²) in [5.74, 6) is 0. The summed E-state index contributed by atoms with van der Waals surface area (Å²) in [5, 5.41) is 5.91. The lowest BCUT2D eigenvalue weighted by molar-refractivity contribution is -0.0355. The molecule has 2 aliphatic rings. The van der Waals surface area contributed by atoms with Crippen LogP contribution in [0.5, 0.6) is 0 Å². The van der Waals surface area contributed by atoms with E-state index in [9.17, 15) is 9.59 Å². The minimum absolute atomic E-state index is 0.0413. The van der Waals surface area contributed by atoms with Crippen LogP contribution in [-0.4, -0.2) is 67.3 Å². The second-order valence-corrected chi connectivity index (χ2v) is 7.02. The molecule has 7 heteroatoms. The molecule has 2 fully saturated rings. The average Bonchev–Trinajstić information content (AvgIpc) is 2.98. The molecule has 3 rings (SSSR count). The molecule has 2 heterocycles. The number of benzene rings is 1. The maximum Gasteiger partial charge on any atom is 0.321 e. The summed E-state index contributed by atoms with van der Waals surface area (Å²) in [5.41, 5.74) is 0.588. The Kier molecular flexibility index (Phi) is 5.13. The van der Waals surface area contributed by atoms with Crippen molar-refractivity contribution in [2.24, 2.45) is 0 Å². The van der Waals surface area contributed by atoms with Crippen LogP contribution in [0, 0.1) is 0 Å². The van der Waals surface area contributed by atoms with E-state index in [1.165, 1.54) is 4.90 Å². The minimum Gasteiger partial charge on any atom is -0.373 e. The number of piperidine rings is 1. The Morgan fingerprint density at radius 1 is 1.20 bits per heavy atom. The van der Waals surface area contributed by atoms with Crippen molar-refractivity contribution >= 4 is 17.7 Å². The van der Waals surface area contributed by atoms with Gasteiger partial charge in [-0.15, -0.1) is 0 Å². The van der Waals surface area contributed by atoms with Gasteiger partial charge in [-0.25, -0.2) is 9.59 Å². The number of anilines is 1. The van der Waals surface area contributed by atoms with Crippen molar-refractivity contribution in [2.45, 2.75) is 30.9 Å². The van der Waals surface area contributed by atoms with Gasteiger partial charge < -0.3 is 25.2 Å². The van der Waals surface area contributed by atoms with Crippen LogP contribution in [0.3, 0.4) is 0 Å². The van der Waals surface area contributed by atoms with Gasteiger partial charge in [-0.3, -0.25) is 0 Å². The third-order valence-electron chi connectivity index (χ3n) is 4.93. The molecule has 0 aromatic heterocycles. The van der Waals surface area contributed by atoms with Crippen molar-refractivity contribution in [1.82, 2.24) is 15.1 Å². The lowest BCUT2D eigenvalue weighted by atomic mass is 9.87. The number of ether oxygens (including phenoxy) is 1. The van der Waals surface area contributed by atoms with E-state index < -0.39 is 0 Å². The van der Waals surface area contributed by atoms with Crippen LogP contribution in [0.1, 0.15) is 19.3 Å². The molecule has 1 atom stereocenters. The van der Waals surface area contributed by atoms with Crippen LogP contribution in [0.4, 0.5) is 15.3 Å². The Morgan fingerprint density at radius 3 is 2.52 bits per heavy atom. The highest BCUT2D eigenvalue weighted by Crippen LogP contribution is 2.36. The van der Waals surface area contributed by atoms with Crippen molar-refractivity contribution in [1.29, 1.82) is 0 Å². The first-order valence-corrected chi connectivity index (χ1v) is 8.70. The third-order valence-corrected chi connectivity index (χ3v) is 4.93. The fraction of sp³-hybridized carbons (Fsp3) is 0.556. The van der Waals surface area contributed by atoms with Gasteiger partial charge >= 0.3 is 12.1 Å². The van der Waals surface area contributed by atoms with Crippen molar-refractivity contribution in [3.05, 3.63) is 30.3 Å². The molecule has 2 saturated heterocycles. The van der Waals surface area contributed by atoms with Crippen molar-refractivity contribution in [2.75, 3.05) is 39.1 Å². The molecule has 0 unspecified atom stereocenters. The molecule has 0 bridgehead atoms. The van der Waals surface area contributed by atoms with Gasteiger partial charge in [0.2, 0.25) is 0 Å². The Bertz CT molecular complexity index is 612. The predicted molar refractivity (Wildman–Crippen MR) is 95.6 cm³/mol. The van der Waals surface area contributed by atoms with Crippen LogP contribution < -0.4 is 10.6 Å². The van der Waals surface area contributed by atoms with Crippen LogP contribution in [0.25, 0.3) is 0 Å². The van der Waals surface area contributed by atoms with Gasteiger partial charge in [-0.2, -0.15) is 0 Å². The van der Waals surface area contributed by atoms with Crippen LogP contribution in [0.2, 0.25) is 0 Å². The topological polar surface area (TPSA) is 73.9 Å². The molecule has 4 amide bonds. The molecule has 0 aliphatic carbocycles. The normalized spacial score (nSPS) is 21.8. The molecule has 7 nitrogen and oxygen atoms in total. The standard InChI is InChI=1S/C18H26N4O3/c1-21(2)16(23)20-15-12-18(25-13-15)8-10-22(11-9-18)17(24)19-14-6-4-3-5-7-14/h3-7,15H,8-13H2,1-2H3,(H,19,24)(H,20,23)/t15-/m0/s1. The first-order valence-electron chi connectivity index (χ1n) is 8.70. The van der Waals surface area contributed by atoms with E-state index in [1.54, 1.807) is 14.1 Å². The van der Waals surface area contributed by atoms with Crippen LogP contribution in [0.15, 0.2) is 30.3 Å². The van der Waals surface area contributed by atoms with Gasteiger partial charge in [-0.05, 0) is 31.4 Å². The largest absolute Gasteiger partial charge is 0.373 e. The maximum absolute atomic E-state index is 12.4. The highest BCUT2D eigenvalue weighted by molar-refractivity contribution is 5.89. The van der Waals surface area contributed by atoms with E-state index in [0.717, 1.165) is 24.9 Å². The quantitative estimate of drug-likeness (QED) is 0.861. The summed E-state index contributed by atoms with van der Waals surface area (Å²) in [6, 6.07) is 9.35. The number of nitrogens with one attached hydrogen (secondary N) is 2. The average molecular weight is 346 g/mol. The lowest BCUT2D eigenvalue weighted by Crippen LogP contribution is -2.48. The third kappa shape index (κ3) is 4.22. The molecule has 1 aromatic rings. The first-order chi connectivity index (χ1) is 12.0. The van der Waals surface area contributed by atoms with E-state index in [-0.39, 0.29) is 23.7 Å². The number of para-hydroxylation sites is 1. The summed E-state index contributed by atoms with van der Waals surface area (Å²) in [6.45, 7) is 1.86. The Labute approximate surface area is 148 Å². The monoisotopic (exact) mass is 346 g/mol. The molecular weight excluding hydrogens is 320 g/mol. The van der Waals surface area contributed by atoms with Gasteiger partial charge in [0.05, 0.1) is 18.2 Å². The van der Waals surface area contributed by atoms with Gasteiger partial charge in [0.1, 0.15) is 0 Å². The van der Waals surface area contributed by atoms with Gasteiger partial charge in [0.15, 0.2) is 0 Å². The number of amides is 4. The molecule has 1 spiro atoms. The van der Waals surface area contributed by atoms with E-state index in [4.69, 9.17) is 4.74 Å². The summed E-state index contributed by atoms with van der Waals surface area (Å²) in [7, 11) is 3.45. The summed E-state index contributed by atoms with van der Waals surface area (Å²) in [4.78, 5) is 27.5. The second kappa shape index (κ2) is 7.31. The first kappa shape index (κ1) is 17.5. The van der Waals surface area contributed by atoms with Crippen molar-refractivity contribution < 1.29 is 14.3 Å². The zero-order valence-electron chi connectivity index (χ0n) is 14.8. The van der Waals surface area contributed by atoms with E-state index in [1.807, 2.05) is 35.2 Å². The summed E-state index contributed by atoms with van der Waals surface area (Å²) in [6.07, 6.45) is 2.40. The lowest BCUT2D eigenvalue weighted by Gasteiger charge is -2.38. The van der Waals surface area contributed by atoms with Gasteiger partial charge in [0, 0.05) is 32.9 Å². The van der Waals surface area contributed by atoms with Gasteiger partial charge in [0.25, 0.3) is 0 Å². The molecule has 25 heavy (non-hydrogen) atoms. The summed E-state index contributed by atoms with van der Waals surface area (Å²) < 4.78 is 6.03. The Hall–Kier alpha value is -2.28. The summed E-state index contributed by atoms with van der Waals surface area (Å²) >= 11 is 0. The molecule has 2 aliphatic heterocycles. The zero-order chi connectivity index (χ0) is 17.9. The number of hydrogen-bond acceptors (Lipinski definition) is 3. The highest BCUT2D eigenvalue weighted by atomic mass is 16.5.